The number of amides is 4. The molecule has 1 heterocycles. The van der Waals surface area contributed by atoms with Crippen molar-refractivity contribution in [2.24, 2.45) is 29.4 Å². The number of hydrogen-bond donors (Lipinski definition) is 4. The summed E-state index contributed by atoms with van der Waals surface area (Å²) in [5.41, 5.74) is 5.02. The van der Waals surface area contributed by atoms with Crippen LogP contribution >= 0.6 is 12.2 Å². The van der Waals surface area contributed by atoms with Crippen LogP contribution in [0.5, 0.6) is 0 Å². The van der Waals surface area contributed by atoms with Crippen LogP contribution in [0.2, 0.25) is 0 Å². The zero-order valence-corrected chi connectivity index (χ0v) is 30.0. The largest absolute Gasteiger partial charge is 0.363 e. The molecule has 1 saturated heterocycles. The first-order chi connectivity index (χ1) is 22.5. The van der Waals surface area contributed by atoms with Crippen molar-refractivity contribution < 1.29 is 28.2 Å². The molecule has 0 spiro atoms. The summed E-state index contributed by atoms with van der Waals surface area (Å²) in [7, 11) is 0. The highest BCUT2D eigenvalue weighted by atomic mass is 32.2. The summed E-state index contributed by atoms with van der Waals surface area (Å²) < 4.78 is 8.71. The highest BCUT2D eigenvalue weighted by Crippen LogP contribution is 2.36. The molecule has 4 fully saturated rings. The predicted octanol–water partition coefficient (Wildman–Crippen LogP) is 5.21. The van der Waals surface area contributed by atoms with Crippen molar-refractivity contribution in [3.05, 3.63) is 0 Å². The van der Waals surface area contributed by atoms with E-state index >= 15 is 0 Å². The summed E-state index contributed by atoms with van der Waals surface area (Å²) in [5, 5.41) is 6.10. The van der Waals surface area contributed by atoms with E-state index in [1.54, 1.807) is 6.92 Å². The number of likely N-dealkylation sites (tertiary alicyclic amines) is 1. The predicted molar refractivity (Wildman–Crippen MR) is 185 cm³/mol. The normalized spacial score (nSPS) is 22.5. The maximum atomic E-state index is 14.0. The molecule has 1 aliphatic heterocycles. The van der Waals surface area contributed by atoms with Crippen LogP contribution in [0.1, 0.15) is 130 Å². The van der Waals surface area contributed by atoms with Gasteiger partial charge in [0.15, 0.2) is 5.78 Å². The van der Waals surface area contributed by atoms with Crippen molar-refractivity contribution in [1.82, 2.24) is 20.3 Å². The van der Waals surface area contributed by atoms with E-state index < -0.39 is 29.8 Å². The Hall–Kier alpha value is -2.18. The van der Waals surface area contributed by atoms with E-state index in [4.69, 9.17) is 9.92 Å². The molecule has 0 bridgehead atoms. The quantitative estimate of drug-likeness (QED) is 0.0749. The molecule has 11 nitrogen and oxygen atoms in total. The Balaban J connectivity index is 0.00000111. The molecular weight excluding hydrogens is 618 g/mol. The maximum absolute atomic E-state index is 14.0. The number of urea groups is 1. The minimum absolute atomic E-state index is 0.0234. The van der Waals surface area contributed by atoms with Gasteiger partial charge in [-0.1, -0.05) is 65.7 Å². The third kappa shape index (κ3) is 13.3. The standard InChI is InChI=1S/C30H49N5O6S.C5H12/c1-19(17-24(36)28(31)38)34-42-41-18-23-13-8-16-35(23)29(39)26(21-11-6-3-7-12-21)33-30(40)32-25(27(37)22-14-15-22)20-9-4-2-5-10-20;1-4-5(2)3/h19-23,25-26,34H,2-18H2,1H3,(H2,31,38)(H2,32,33,40);5H,4H2,1-3H3. The number of nitrogens with two attached hydrogens (primary N) is 1. The number of carbonyl (C=O) groups excluding carboxylic acids is 5. The summed E-state index contributed by atoms with van der Waals surface area (Å²) in [6.45, 7) is 9.30. The number of carbonyl (C=O) groups is 5. The second kappa shape index (κ2) is 20.4. The molecule has 0 aromatic rings. The van der Waals surface area contributed by atoms with Crippen LogP contribution in [-0.4, -0.2) is 71.6 Å². The number of primary amides is 1. The van der Waals surface area contributed by atoms with E-state index in [1.165, 1.54) is 12.8 Å². The number of Topliss-reactive ketones (excluding diaryl/α,β-unsaturated/α-hetero) is 2. The number of ketones is 2. The Bertz CT molecular complexity index is 1030. The van der Waals surface area contributed by atoms with Gasteiger partial charge in [0.2, 0.25) is 11.7 Å². The summed E-state index contributed by atoms with van der Waals surface area (Å²) in [6.07, 6.45) is 15.0. The van der Waals surface area contributed by atoms with Crippen molar-refractivity contribution >= 4 is 41.6 Å². The van der Waals surface area contributed by atoms with E-state index in [0.29, 0.717) is 13.2 Å². The molecule has 12 heteroatoms. The van der Waals surface area contributed by atoms with Gasteiger partial charge in [0, 0.05) is 24.9 Å². The van der Waals surface area contributed by atoms with Gasteiger partial charge in [-0.25, -0.2) is 9.52 Å². The van der Waals surface area contributed by atoms with E-state index in [-0.39, 0.29) is 47.9 Å². The smallest absolute Gasteiger partial charge is 0.316 e. The van der Waals surface area contributed by atoms with Gasteiger partial charge in [-0.15, -0.1) is 0 Å². The zero-order chi connectivity index (χ0) is 34.3. The summed E-state index contributed by atoms with van der Waals surface area (Å²) in [5.74, 6) is -0.334. The molecule has 0 aromatic carbocycles. The minimum Gasteiger partial charge on any atom is -0.363 e. The molecule has 47 heavy (non-hydrogen) atoms. The minimum atomic E-state index is -0.955. The van der Waals surface area contributed by atoms with E-state index in [9.17, 15) is 24.0 Å². The van der Waals surface area contributed by atoms with Gasteiger partial charge in [-0.3, -0.25) is 23.4 Å². The van der Waals surface area contributed by atoms with Crippen molar-refractivity contribution in [2.45, 2.75) is 155 Å². The first kappa shape index (κ1) is 39.3. The van der Waals surface area contributed by atoms with Crippen molar-refractivity contribution in [3.8, 4) is 0 Å². The molecule has 3 saturated carbocycles. The lowest BCUT2D eigenvalue weighted by atomic mass is 9.81. The molecule has 4 unspecified atom stereocenters. The van der Waals surface area contributed by atoms with Crippen molar-refractivity contribution in [1.29, 1.82) is 0 Å². The van der Waals surface area contributed by atoms with Crippen LogP contribution in [0.15, 0.2) is 0 Å². The molecule has 4 atom stereocenters. The number of rotatable bonds is 16. The van der Waals surface area contributed by atoms with Gasteiger partial charge in [0.1, 0.15) is 6.04 Å². The fourth-order valence-corrected chi connectivity index (χ4v) is 7.35. The summed E-state index contributed by atoms with van der Waals surface area (Å²) in [6, 6.07) is -1.96. The number of nitrogens with one attached hydrogen (secondary N) is 3. The SMILES string of the molecule is CC(CC(=O)C(N)=O)NSOCC1CCCN1C(=O)C(NC(=O)NC(C(=O)C1CC1)C1CCCCC1)C1CCCCC1.CCC(C)C. The van der Waals surface area contributed by atoms with Crippen LogP contribution < -0.4 is 21.1 Å². The number of nitrogens with zero attached hydrogens (tertiary/aromatic N) is 1. The Labute approximate surface area is 286 Å². The highest BCUT2D eigenvalue weighted by Gasteiger charge is 2.42. The highest BCUT2D eigenvalue weighted by molar-refractivity contribution is 7.92. The first-order valence-corrected chi connectivity index (χ1v) is 19.0. The van der Waals surface area contributed by atoms with Crippen molar-refractivity contribution in [3.63, 3.8) is 0 Å². The molecule has 268 valence electrons. The third-order valence-electron chi connectivity index (χ3n) is 10.2. The van der Waals surface area contributed by atoms with Crippen LogP contribution in [0.4, 0.5) is 4.79 Å². The lowest BCUT2D eigenvalue weighted by Crippen LogP contribution is -2.58. The van der Waals surface area contributed by atoms with Gasteiger partial charge in [0.05, 0.1) is 30.9 Å². The van der Waals surface area contributed by atoms with Gasteiger partial charge in [0.25, 0.3) is 5.91 Å². The van der Waals surface area contributed by atoms with E-state index in [0.717, 1.165) is 102 Å². The van der Waals surface area contributed by atoms with Crippen LogP contribution in [0, 0.1) is 23.7 Å². The van der Waals surface area contributed by atoms with Gasteiger partial charge >= 0.3 is 6.03 Å². The Morgan fingerprint density at radius 1 is 0.809 bits per heavy atom. The second-order valence-electron chi connectivity index (χ2n) is 14.6. The topological polar surface area (TPSA) is 160 Å². The lowest BCUT2D eigenvalue weighted by Gasteiger charge is -2.36. The van der Waals surface area contributed by atoms with Crippen LogP contribution in [0.25, 0.3) is 0 Å². The molecule has 4 aliphatic rings. The summed E-state index contributed by atoms with van der Waals surface area (Å²) >= 11 is 0.989. The molecule has 3 aliphatic carbocycles. The van der Waals surface area contributed by atoms with E-state index in [1.807, 2.05) is 4.90 Å². The number of hydrogen-bond acceptors (Lipinski definition) is 8. The van der Waals surface area contributed by atoms with E-state index in [2.05, 4.69) is 36.1 Å². The Kier molecular flexibility index (Phi) is 17.0. The van der Waals surface area contributed by atoms with Crippen molar-refractivity contribution in [2.75, 3.05) is 13.2 Å². The zero-order valence-electron chi connectivity index (χ0n) is 29.2. The van der Waals surface area contributed by atoms with Gasteiger partial charge < -0.3 is 21.3 Å². The fourth-order valence-electron chi connectivity index (χ4n) is 6.81. The van der Waals surface area contributed by atoms with Crippen LogP contribution in [0.3, 0.4) is 0 Å². The monoisotopic (exact) mass is 679 g/mol. The fraction of sp³-hybridized carbons (Fsp3) is 0.857. The second-order valence-corrected chi connectivity index (χ2v) is 15.2. The van der Waals surface area contributed by atoms with Gasteiger partial charge in [-0.05, 0) is 76.0 Å². The molecular formula is C35H61N5O6S. The lowest BCUT2D eigenvalue weighted by molar-refractivity contribution is -0.136. The van der Waals surface area contributed by atoms with Crippen LogP contribution in [-0.2, 0) is 23.4 Å². The summed E-state index contributed by atoms with van der Waals surface area (Å²) in [4.78, 5) is 65.0. The molecule has 5 N–H and O–H groups in total. The van der Waals surface area contributed by atoms with Gasteiger partial charge in [-0.2, -0.15) is 0 Å². The maximum Gasteiger partial charge on any atom is 0.316 e. The molecule has 4 rings (SSSR count). The Morgan fingerprint density at radius 2 is 1.36 bits per heavy atom. The molecule has 0 radical (unpaired) electrons. The average molecular weight is 680 g/mol. The molecule has 0 aromatic heterocycles. The molecule has 4 amide bonds. The first-order valence-electron chi connectivity index (χ1n) is 18.3. The Morgan fingerprint density at radius 3 is 1.89 bits per heavy atom. The average Bonchev–Trinajstić information content (AvgIpc) is 3.82. The third-order valence-corrected chi connectivity index (χ3v) is 10.9.